The number of halogens is 1. The molecule has 0 fully saturated rings. The molecule has 1 aromatic heterocycles. The average Bonchev–Trinajstić information content (AvgIpc) is 2.76. The fourth-order valence-electron chi connectivity index (χ4n) is 1.35. The third-order valence-electron chi connectivity index (χ3n) is 2.11. The molecule has 0 saturated heterocycles. The summed E-state index contributed by atoms with van der Waals surface area (Å²) in [5, 5.41) is 12.8. The van der Waals surface area contributed by atoms with E-state index in [1.807, 2.05) is 0 Å². The van der Waals surface area contributed by atoms with Gasteiger partial charge in [-0.25, -0.2) is 9.07 Å². The van der Waals surface area contributed by atoms with Crippen LogP contribution < -0.4 is 0 Å². The van der Waals surface area contributed by atoms with Gasteiger partial charge in [0.25, 0.3) is 0 Å². The molecule has 0 spiro atoms. The molecular weight excluding hydrogens is 207 g/mol. The van der Waals surface area contributed by atoms with Crippen LogP contribution >= 0.6 is 0 Å². The Morgan fingerprint density at radius 1 is 1.31 bits per heavy atom. The molecule has 0 amide bonds. The molecule has 0 unspecified atom stereocenters. The lowest BCUT2D eigenvalue weighted by Crippen LogP contribution is -1.93. The second-order valence-corrected chi connectivity index (χ2v) is 3.28. The molecule has 0 aliphatic rings. The van der Waals surface area contributed by atoms with Crippen LogP contribution in [-0.2, 0) is 0 Å². The van der Waals surface area contributed by atoms with E-state index in [1.165, 1.54) is 12.1 Å². The van der Waals surface area contributed by atoms with Gasteiger partial charge in [-0.1, -0.05) is 12.2 Å². The molecule has 3 nitrogen and oxygen atoms in total. The maximum atomic E-state index is 12.7. The quantitative estimate of drug-likeness (QED) is 0.855. The molecule has 1 aromatic carbocycles. The molecule has 2 aromatic rings. The lowest BCUT2D eigenvalue weighted by atomic mass is 10.3. The lowest BCUT2D eigenvalue weighted by Gasteiger charge is -1.99. The summed E-state index contributed by atoms with van der Waals surface area (Å²) in [6.07, 6.45) is 6.88. The van der Waals surface area contributed by atoms with Crippen molar-refractivity contribution in [2.75, 3.05) is 6.61 Å². The van der Waals surface area contributed by atoms with Crippen molar-refractivity contribution >= 4 is 6.08 Å². The molecule has 0 radical (unpaired) electrons. The van der Waals surface area contributed by atoms with Crippen molar-refractivity contribution in [3.63, 3.8) is 0 Å². The summed E-state index contributed by atoms with van der Waals surface area (Å²) < 4.78 is 14.4. The van der Waals surface area contributed by atoms with E-state index in [9.17, 15) is 4.39 Å². The highest BCUT2D eigenvalue weighted by Crippen LogP contribution is 2.10. The van der Waals surface area contributed by atoms with E-state index in [1.54, 1.807) is 41.4 Å². The minimum atomic E-state index is -0.267. The van der Waals surface area contributed by atoms with Gasteiger partial charge in [-0.2, -0.15) is 5.10 Å². The minimum Gasteiger partial charge on any atom is -0.392 e. The second kappa shape index (κ2) is 4.72. The Labute approximate surface area is 92.5 Å². The van der Waals surface area contributed by atoms with Crippen molar-refractivity contribution in [1.29, 1.82) is 0 Å². The molecule has 0 aliphatic carbocycles. The van der Waals surface area contributed by atoms with Crippen molar-refractivity contribution in [3.05, 3.63) is 54.1 Å². The van der Waals surface area contributed by atoms with Gasteiger partial charge in [0.1, 0.15) is 5.82 Å². The van der Waals surface area contributed by atoms with Crippen molar-refractivity contribution < 1.29 is 9.50 Å². The number of aliphatic hydroxyl groups excluding tert-OH is 1. The third-order valence-corrected chi connectivity index (χ3v) is 2.11. The summed E-state index contributed by atoms with van der Waals surface area (Å²) in [5.74, 6) is -0.267. The van der Waals surface area contributed by atoms with Crippen LogP contribution in [0.2, 0.25) is 0 Å². The highest BCUT2D eigenvalue weighted by Gasteiger charge is 1.98. The molecule has 82 valence electrons. The van der Waals surface area contributed by atoms with Crippen LogP contribution in [-0.4, -0.2) is 21.5 Å². The highest BCUT2D eigenvalue weighted by molar-refractivity contribution is 5.48. The van der Waals surface area contributed by atoms with Gasteiger partial charge in [0.05, 0.1) is 18.5 Å². The van der Waals surface area contributed by atoms with Crippen LogP contribution in [0.15, 0.2) is 42.7 Å². The molecule has 0 saturated carbocycles. The van der Waals surface area contributed by atoms with E-state index in [4.69, 9.17) is 5.11 Å². The number of aromatic nitrogens is 2. The Hall–Kier alpha value is -1.94. The first kappa shape index (κ1) is 10.6. The number of aliphatic hydroxyl groups is 1. The first-order valence-corrected chi connectivity index (χ1v) is 4.87. The molecule has 0 aliphatic heterocycles. The van der Waals surface area contributed by atoms with E-state index in [-0.39, 0.29) is 12.4 Å². The first-order chi connectivity index (χ1) is 7.79. The predicted molar refractivity (Wildman–Crippen MR) is 59.6 cm³/mol. The molecule has 2 rings (SSSR count). The fourth-order valence-corrected chi connectivity index (χ4v) is 1.35. The second-order valence-electron chi connectivity index (χ2n) is 3.28. The largest absolute Gasteiger partial charge is 0.392 e. The van der Waals surface area contributed by atoms with Crippen molar-refractivity contribution in [3.8, 4) is 5.69 Å². The smallest absolute Gasteiger partial charge is 0.123 e. The van der Waals surface area contributed by atoms with E-state index >= 15 is 0 Å². The predicted octanol–water partition coefficient (Wildman–Crippen LogP) is 2.02. The summed E-state index contributed by atoms with van der Waals surface area (Å²) in [5.41, 5.74) is 1.68. The fraction of sp³-hybridized carbons (Fsp3) is 0.0833. The number of hydrogen-bond acceptors (Lipinski definition) is 2. The summed E-state index contributed by atoms with van der Waals surface area (Å²) in [6.45, 7) is 0.00171. The van der Waals surface area contributed by atoms with Gasteiger partial charge in [-0.15, -0.1) is 0 Å². The van der Waals surface area contributed by atoms with E-state index < -0.39 is 0 Å². The summed E-state index contributed by atoms with van der Waals surface area (Å²) in [7, 11) is 0. The maximum absolute atomic E-state index is 12.7. The average molecular weight is 218 g/mol. The molecule has 1 heterocycles. The monoisotopic (exact) mass is 218 g/mol. The SMILES string of the molecule is OCC=Cc1cnn(-c2ccc(F)cc2)c1. The Balaban J connectivity index is 2.24. The summed E-state index contributed by atoms with van der Waals surface area (Å²) in [4.78, 5) is 0. The highest BCUT2D eigenvalue weighted by atomic mass is 19.1. The Morgan fingerprint density at radius 2 is 2.06 bits per heavy atom. The first-order valence-electron chi connectivity index (χ1n) is 4.87. The van der Waals surface area contributed by atoms with Gasteiger partial charge < -0.3 is 5.11 Å². The van der Waals surface area contributed by atoms with Crippen LogP contribution in [0, 0.1) is 5.82 Å². The van der Waals surface area contributed by atoms with E-state index in [0.717, 1.165) is 11.3 Å². The Kier molecular flexibility index (Phi) is 3.12. The van der Waals surface area contributed by atoms with Crippen LogP contribution in [0.3, 0.4) is 0 Å². The van der Waals surface area contributed by atoms with Gasteiger partial charge in [-0.3, -0.25) is 0 Å². The third kappa shape index (κ3) is 2.35. The standard InChI is InChI=1S/C12H11FN2O/c13-11-3-5-12(6-4-11)15-9-10(8-14-15)2-1-7-16/h1-6,8-9,16H,7H2. The summed E-state index contributed by atoms with van der Waals surface area (Å²) in [6, 6.07) is 6.09. The Morgan fingerprint density at radius 3 is 2.75 bits per heavy atom. The molecular formula is C12H11FN2O. The van der Waals surface area contributed by atoms with Crippen LogP contribution in [0.1, 0.15) is 5.56 Å². The van der Waals surface area contributed by atoms with E-state index in [0.29, 0.717) is 0 Å². The normalized spacial score (nSPS) is 11.1. The van der Waals surface area contributed by atoms with Crippen molar-refractivity contribution in [1.82, 2.24) is 9.78 Å². The topological polar surface area (TPSA) is 38.1 Å². The minimum absolute atomic E-state index is 0.00171. The molecule has 1 N–H and O–H groups in total. The molecule has 4 heteroatoms. The van der Waals surface area contributed by atoms with Crippen LogP contribution in [0.4, 0.5) is 4.39 Å². The molecule has 0 bridgehead atoms. The van der Waals surface area contributed by atoms with E-state index in [2.05, 4.69) is 5.10 Å². The van der Waals surface area contributed by atoms with Gasteiger partial charge >= 0.3 is 0 Å². The zero-order valence-electron chi connectivity index (χ0n) is 8.55. The molecule has 0 atom stereocenters. The summed E-state index contributed by atoms with van der Waals surface area (Å²) >= 11 is 0. The molecule has 16 heavy (non-hydrogen) atoms. The number of benzene rings is 1. The maximum Gasteiger partial charge on any atom is 0.123 e. The van der Waals surface area contributed by atoms with Crippen molar-refractivity contribution in [2.24, 2.45) is 0 Å². The van der Waals surface area contributed by atoms with Gasteiger partial charge in [0.15, 0.2) is 0 Å². The van der Waals surface area contributed by atoms with Gasteiger partial charge in [-0.05, 0) is 24.3 Å². The zero-order chi connectivity index (χ0) is 11.4. The van der Waals surface area contributed by atoms with Gasteiger partial charge in [0.2, 0.25) is 0 Å². The van der Waals surface area contributed by atoms with Crippen molar-refractivity contribution in [2.45, 2.75) is 0 Å². The van der Waals surface area contributed by atoms with Crippen LogP contribution in [0.5, 0.6) is 0 Å². The Bertz CT molecular complexity index is 488. The lowest BCUT2D eigenvalue weighted by molar-refractivity contribution is 0.343. The van der Waals surface area contributed by atoms with Gasteiger partial charge in [0, 0.05) is 11.8 Å². The number of hydrogen-bond donors (Lipinski definition) is 1. The van der Waals surface area contributed by atoms with Crippen LogP contribution in [0.25, 0.3) is 11.8 Å². The number of rotatable bonds is 3. The zero-order valence-corrected chi connectivity index (χ0v) is 8.55. The number of nitrogens with zero attached hydrogens (tertiary/aromatic N) is 2.